The molecule has 0 aliphatic heterocycles. The van der Waals surface area contributed by atoms with Crippen LogP contribution in [0, 0.1) is 23.2 Å². The Morgan fingerprint density at radius 2 is 1.59 bits per heavy atom. The Bertz CT molecular complexity index is 1250. The van der Waals surface area contributed by atoms with Crippen molar-refractivity contribution in [1.29, 1.82) is 5.26 Å². The van der Waals surface area contributed by atoms with Gasteiger partial charge in [-0.25, -0.2) is 18.4 Å². The van der Waals surface area contributed by atoms with Crippen LogP contribution in [0.25, 0.3) is 11.3 Å². The van der Waals surface area contributed by atoms with Crippen molar-refractivity contribution in [1.82, 2.24) is 9.97 Å². The average molecular weight is 402 g/mol. The molecule has 0 saturated carbocycles. The van der Waals surface area contributed by atoms with Crippen LogP contribution in [0.5, 0.6) is 0 Å². The first-order valence-electron chi connectivity index (χ1n) is 8.80. The highest BCUT2D eigenvalue weighted by Crippen LogP contribution is 2.22. The number of sulfone groups is 1. The summed E-state index contributed by atoms with van der Waals surface area (Å²) in [5.74, 6) is 6.05. The number of rotatable bonds is 3. The second-order valence-corrected chi connectivity index (χ2v) is 9.05. The van der Waals surface area contributed by atoms with Crippen LogP contribution in [-0.2, 0) is 9.84 Å². The van der Waals surface area contributed by atoms with E-state index in [0.29, 0.717) is 22.5 Å². The van der Waals surface area contributed by atoms with Crippen molar-refractivity contribution in [3.63, 3.8) is 0 Å². The summed E-state index contributed by atoms with van der Waals surface area (Å²) >= 11 is 0. The molecule has 2 N–H and O–H groups in total. The van der Waals surface area contributed by atoms with Crippen LogP contribution in [0.4, 0.5) is 5.82 Å². The molecule has 1 heterocycles. The second-order valence-electron chi connectivity index (χ2n) is 6.55. The van der Waals surface area contributed by atoms with E-state index in [4.69, 9.17) is 11.0 Å². The van der Waals surface area contributed by atoms with Gasteiger partial charge in [-0.1, -0.05) is 18.1 Å². The zero-order chi connectivity index (χ0) is 21.0. The maximum absolute atomic E-state index is 12.3. The van der Waals surface area contributed by atoms with Gasteiger partial charge in [0.1, 0.15) is 0 Å². The Morgan fingerprint density at radius 3 is 2.17 bits per heavy atom. The van der Waals surface area contributed by atoms with Crippen molar-refractivity contribution < 1.29 is 8.42 Å². The quantitative estimate of drug-likeness (QED) is 0.674. The topological polar surface area (TPSA) is 110 Å². The predicted molar refractivity (Wildman–Crippen MR) is 111 cm³/mol. The monoisotopic (exact) mass is 402 g/mol. The maximum Gasteiger partial charge on any atom is 0.180 e. The van der Waals surface area contributed by atoms with Gasteiger partial charge in [-0.15, -0.1) is 0 Å². The molecule has 0 radical (unpaired) electrons. The largest absolute Gasteiger partial charge is 0.381 e. The van der Waals surface area contributed by atoms with Crippen LogP contribution in [0.3, 0.4) is 0 Å². The summed E-state index contributed by atoms with van der Waals surface area (Å²) in [6.45, 7) is 3.29. The van der Waals surface area contributed by atoms with Crippen molar-refractivity contribution in [2.24, 2.45) is 0 Å². The van der Waals surface area contributed by atoms with Gasteiger partial charge in [0.25, 0.3) is 0 Å². The van der Waals surface area contributed by atoms with Crippen LogP contribution in [0.1, 0.15) is 30.7 Å². The highest BCUT2D eigenvalue weighted by Gasteiger charge is 2.19. The number of nitrogens with two attached hydrogens (primary N) is 1. The third-order valence-corrected chi connectivity index (χ3v) is 6.41. The normalized spacial score (nSPS) is 10.8. The van der Waals surface area contributed by atoms with E-state index in [2.05, 4.69) is 27.9 Å². The number of nitrogen functional groups attached to an aromatic ring is 1. The Labute approximate surface area is 170 Å². The summed E-state index contributed by atoms with van der Waals surface area (Å²) in [5, 5.41) is 8.35. The summed E-state index contributed by atoms with van der Waals surface area (Å²) in [4.78, 5) is 8.87. The van der Waals surface area contributed by atoms with Gasteiger partial charge in [0.15, 0.2) is 21.3 Å². The van der Waals surface area contributed by atoms with Crippen molar-refractivity contribution in [3.8, 4) is 29.2 Å². The molecule has 0 fully saturated rings. The molecule has 2 aromatic carbocycles. The first-order valence-corrected chi connectivity index (χ1v) is 10.3. The van der Waals surface area contributed by atoms with Gasteiger partial charge in [0.2, 0.25) is 0 Å². The van der Waals surface area contributed by atoms with Crippen LogP contribution >= 0.6 is 0 Å². The molecular weight excluding hydrogens is 384 g/mol. The summed E-state index contributed by atoms with van der Waals surface area (Å²) in [6.07, 6.45) is 1.52. The SMILES string of the molecule is CC(C)S(=O)(=O)c1ccc(-c2cnc(N)c(C#Cc3ccc(C#N)cc3)n2)cc1. The molecule has 3 rings (SSSR count). The van der Waals surface area contributed by atoms with E-state index in [1.165, 1.54) is 6.20 Å². The first-order chi connectivity index (χ1) is 13.8. The highest BCUT2D eigenvalue weighted by atomic mass is 32.2. The molecule has 0 atom stereocenters. The molecule has 144 valence electrons. The van der Waals surface area contributed by atoms with Gasteiger partial charge in [0, 0.05) is 11.1 Å². The van der Waals surface area contributed by atoms with E-state index in [1.54, 1.807) is 62.4 Å². The number of nitriles is 1. The third kappa shape index (κ3) is 4.43. The fraction of sp³-hybridized carbons (Fsp3) is 0.136. The van der Waals surface area contributed by atoms with Crippen molar-refractivity contribution in [2.75, 3.05) is 5.73 Å². The van der Waals surface area contributed by atoms with Crippen molar-refractivity contribution >= 4 is 15.7 Å². The maximum atomic E-state index is 12.3. The Morgan fingerprint density at radius 1 is 0.966 bits per heavy atom. The summed E-state index contributed by atoms with van der Waals surface area (Å²) < 4.78 is 24.5. The summed E-state index contributed by atoms with van der Waals surface area (Å²) in [6, 6.07) is 15.4. The molecule has 0 aliphatic carbocycles. The summed E-state index contributed by atoms with van der Waals surface area (Å²) in [7, 11) is -3.33. The van der Waals surface area contributed by atoms with Crippen LogP contribution in [0.15, 0.2) is 59.6 Å². The van der Waals surface area contributed by atoms with E-state index in [9.17, 15) is 8.42 Å². The van der Waals surface area contributed by atoms with E-state index >= 15 is 0 Å². The van der Waals surface area contributed by atoms with Gasteiger partial charge in [-0.3, -0.25) is 0 Å². The molecular formula is C22H18N4O2S. The Hall–Kier alpha value is -3.68. The fourth-order valence-electron chi connectivity index (χ4n) is 2.48. The van der Waals surface area contributed by atoms with Crippen LogP contribution < -0.4 is 5.73 Å². The molecule has 29 heavy (non-hydrogen) atoms. The lowest BCUT2D eigenvalue weighted by molar-refractivity contribution is 0.587. The lowest BCUT2D eigenvalue weighted by Crippen LogP contribution is -2.13. The molecule has 3 aromatic rings. The Balaban J connectivity index is 1.91. The molecule has 0 unspecified atom stereocenters. The average Bonchev–Trinajstić information content (AvgIpc) is 2.73. The van der Waals surface area contributed by atoms with Crippen LogP contribution in [-0.4, -0.2) is 23.6 Å². The minimum Gasteiger partial charge on any atom is -0.381 e. The minimum absolute atomic E-state index is 0.203. The van der Waals surface area contributed by atoms with Crippen molar-refractivity contribution in [2.45, 2.75) is 24.0 Å². The van der Waals surface area contributed by atoms with Crippen LogP contribution in [0.2, 0.25) is 0 Å². The van der Waals surface area contributed by atoms with Gasteiger partial charge in [-0.2, -0.15) is 5.26 Å². The van der Waals surface area contributed by atoms with E-state index in [1.807, 2.05) is 0 Å². The lowest BCUT2D eigenvalue weighted by atomic mass is 10.1. The standard InChI is InChI=1S/C22H18N4O2S/c1-15(2)29(27,28)19-10-8-18(9-11-19)21-14-25-22(24)20(26-21)12-7-16-3-5-17(13-23)6-4-16/h3-6,8-11,14-15H,1-2H3,(H2,24,25). The molecule has 0 spiro atoms. The zero-order valence-electron chi connectivity index (χ0n) is 15.9. The smallest absolute Gasteiger partial charge is 0.180 e. The fourth-order valence-corrected chi connectivity index (χ4v) is 3.54. The zero-order valence-corrected chi connectivity index (χ0v) is 16.7. The molecule has 0 bridgehead atoms. The number of benzene rings is 2. The molecule has 7 heteroatoms. The summed E-state index contributed by atoms with van der Waals surface area (Å²) in [5.41, 5.74) is 8.74. The molecule has 0 amide bonds. The molecule has 1 aromatic heterocycles. The first kappa shape index (κ1) is 20.1. The number of anilines is 1. The third-order valence-electron chi connectivity index (χ3n) is 4.24. The number of hydrogen-bond donors (Lipinski definition) is 1. The van der Waals surface area contributed by atoms with Crippen molar-refractivity contribution in [3.05, 3.63) is 71.5 Å². The number of nitrogens with zero attached hydrogens (tertiary/aromatic N) is 3. The highest BCUT2D eigenvalue weighted by molar-refractivity contribution is 7.92. The van der Waals surface area contributed by atoms with E-state index in [0.717, 1.165) is 5.56 Å². The van der Waals surface area contributed by atoms with E-state index < -0.39 is 15.1 Å². The van der Waals surface area contributed by atoms with Gasteiger partial charge >= 0.3 is 0 Å². The predicted octanol–water partition coefficient (Wildman–Crippen LogP) is 3.18. The second kappa shape index (κ2) is 8.14. The minimum atomic E-state index is -3.33. The number of hydrogen-bond acceptors (Lipinski definition) is 6. The van der Waals surface area contributed by atoms with Gasteiger partial charge in [-0.05, 0) is 56.2 Å². The molecule has 0 aliphatic rings. The van der Waals surface area contributed by atoms with Gasteiger partial charge < -0.3 is 5.73 Å². The molecule has 6 nitrogen and oxygen atoms in total. The number of aromatic nitrogens is 2. The Kier molecular flexibility index (Phi) is 5.63. The molecule has 0 saturated heterocycles. The lowest BCUT2D eigenvalue weighted by Gasteiger charge is -2.08. The van der Waals surface area contributed by atoms with E-state index in [-0.39, 0.29) is 10.7 Å². The van der Waals surface area contributed by atoms with Gasteiger partial charge in [0.05, 0.1) is 33.7 Å².